The Morgan fingerprint density at radius 2 is 1.68 bits per heavy atom. The van der Waals surface area contributed by atoms with Gasteiger partial charge < -0.3 is 14.5 Å². The van der Waals surface area contributed by atoms with E-state index >= 15 is 0 Å². The van der Waals surface area contributed by atoms with Gasteiger partial charge in [-0.25, -0.2) is 4.98 Å². The van der Waals surface area contributed by atoms with Gasteiger partial charge in [0.05, 0.1) is 13.2 Å². The topological polar surface area (TPSA) is 41.5 Å². The fourth-order valence-electron chi connectivity index (χ4n) is 3.74. The molecule has 2 aliphatic rings. The highest BCUT2D eigenvalue weighted by atomic mass is 16.5. The van der Waals surface area contributed by atoms with Crippen LogP contribution >= 0.6 is 0 Å². The first kappa shape index (κ1) is 16.3. The van der Waals surface area contributed by atoms with Crippen LogP contribution in [0, 0.1) is 5.92 Å². The Morgan fingerprint density at radius 1 is 0.920 bits per heavy atom. The molecule has 2 saturated heterocycles. The lowest BCUT2D eigenvalue weighted by Crippen LogP contribution is -2.38. The van der Waals surface area contributed by atoms with E-state index < -0.39 is 0 Å². The second-order valence-corrected chi connectivity index (χ2v) is 6.93. The smallest absolute Gasteiger partial charge is 0.227 e. The maximum Gasteiger partial charge on any atom is 0.227 e. The molecule has 0 spiro atoms. The van der Waals surface area contributed by atoms with E-state index in [9.17, 15) is 0 Å². The number of hydrogen-bond acceptors (Lipinski definition) is 5. The molecule has 5 heteroatoms. The zero-order valence-corrected chi connectivity index (χ0v) is 14.7. The third-order valence-electron chi connectivity index (χ3n) is 5.23. The van der Waals surface area contributed by atoms with Crippen LogP contribution in [0.5, 0.6) is 0 Å². The molecule has 5 nitrogen and oxygen atoms in total. The number of hydrogen-bond donors (Lipinski definition) is 0. The lowest BCUT2D eigenvalue weighted by molar-refractivity contribution is 0.122. The van der Waals surface area contributed by atoms with Crippen LogP contribution in [0.2, 0.25) is 0 Å². The number of morpholine rings is 1. The summed E-state index contributed by atoms with van der Waals surface area (Å²) >= 11 is 0. The van der Waals surface area contributed by atoms with E-state index in [0.717, 1.165) is 57.1 Å². The Balaban J connectivity index is 1.36. The van der Waals surface area contributed by atoms with Crippen LogP contribution < -0.4 is 9.80 Å². The predicted molar refractivity (Wildman–Crippen MR) is 100 cm³/mol. The summed E-state index contributed by atoms with van der Waals surface area (Å²) in [5.41, 5.74) is 1.45. The van der Waals surface area contributed by atoms with Crippen LogP contribution in [0.25, 0.3) is 0 Å². The van der Waals surface area contributed by atoms with Gasteiger partial charge in [0.1, 0.15) is 5.82 Å². The number of piperidine rings is 1. The van der Waals surface area contributed by atoms with E-state index in [0.29, 0.717) is 0 Å². The van der Waals surface area contributed by atoms with Crippen LogP contribution in [-0.2, 0) is 11.2 Å². The summed E-state index contributed by atoms with van der Waals surface area (Å²) in [4.78, 5) is 14.0. The molecule has 0 amide bonds. The van der Waals surface area contributed by atoms with Crippen LogP contribution in [0.1, 0.15) is 18.4 Å². The second-order valence-electron chi connectivity index (χ2n) is 6.93. The van der Waals surface area contributed by atoms with Gasteiger partial charge in [0.2, 0.25) is 5.95 Å². The van der Waals surface area contributed by atoms with Gasteiger partial charge >= 0.3 is 0 Å². The molecule has 0 unspecified atom stereocenters. The molecule has 0 bridgehead atoms. The van der Waals surface area contributed by atoms with Gasteiger partial charge in [-0.2, -0.15) is 4.98 Å². The normalized spacial score (nSPS) is 19.2. The van der Waals surface area contributed by atoms with E-state index in [4.69, 9.17) is 9.72 Å². The molecule has 1 aromatic heterocycles. The molecular formula is C20H26N4O. The van der Waals surface area contributed by atoms with Crippen molar-refractivity contribution < 1.29 is 4.74 Å². The Hall–Kier alpha value is -2.14. The fraction of sp³-hybridized carbons (Fsp3) is 0.500. The van der Waals surface area contributed by atoms with E-state index in [2.05, 4.69) is 45.1 Å². The van der Waals surface area contributed by atoms with E-state index in [1.54, 1.807) is 0 Å². The third-order valence-corrected chi connectivity index (χ3v) is 5.23. The molecule has 2 aromatic rings. The Morgan fingerprint density at radius 3 is 2.44 bits per heavy atom. The first-order chi connectivity index (χ1) is 12.4. The number of ether oxygens (including phenoxy) is 1. The van der Waals surface area contributed by atoms with Crippen molar-refractivity contribution in [1.82, 2.24) is 9.97 Å². The molecular weight excluding hydrogens is 312 g/mol. The summed E-state index contributed by atoms with van der Waals surface area (Å²) < 4.78 is 5.43. The monoisotopic (exact) mass is 338 g/mol. The number of anilines is 2. The van der Waals surface area contributed by atoms with Crippen molar-refractivity contribution in [3.8, 4) is 0 Å². The van der Waals surface area contributed by atoms with Crippen molar-refractivity contribution >= 4 is 11.8 Å². The fourth-order valence-corrected chi connectivity index (χ4v) is 3.74. The number of nitrogens with zero attached hydrogens (tertiary/aromatic N) is 4. The Labute approximate surface area is 149 Å². The Kier molecular flexibility index (Phi) is 5.11. The van der Waals surface area contributed by atoms with Crippen molar-refractivity contribution in [3.63, 3.8) is 0 Å². The molecule has 0 aliphatic carbocycles. The summed E-state index contributed by atoms with van der Waals surface area (Å²) in [5.74, 6) is 2.67. The predicted octanol–water partition coefficient (Wildman–Crippen LogP) is 2.77. The van der Waals surface area contributed by atoms with Gasteiger partial charge in [0, 0.05) is 32.4 Å². The van der Waals surface area contributed by atoms with E-state index in [1.807, 2.05) is 12.3 Å². The molecule has 0 radical (unpaired) electrons. The quantitative estimate of drug-likeness (QED) is 0.857. The van der Waals surface area contributed by atoms with Gasteiger partial charge in [-0.3, -0.25) is 0 Å². The lowest BCUT2D eigenvalue weighted by Gasteiger charge is -2.33. The first-order valence-electron chi connectivity index (χ1n) is 9.33. The van der Waals surface area contributed by atoms with Gasteiger partial charge in [-0.1, -0.05) is 30.3 Å². The van der Waals surface area contributed by atoms with Crippen molar-refractivity contribution in [2.45, 2.75) is 19.3 Å². The largest absolute Gasteiger partial charge is 0.378 e. The van der Waals surface area contributed by atoms with Crippen molar-refractivity contribution in [2.75, 3.05) is 49.2 Å². The minimum atomic E-state index is 0.765. The molecule has 2 fully saturated rings. The van der Waals surface area contributed by atoms with Crippen LogP contribution in [0.3, 0.4) is 0 Å². The van der Waals surface area contributed by atoms with Gasteiger partial charge in [-0.15, -0.1) is 0 Å². The number of rotatable bonds is 4. The summed E-state index contributed by atoms with van der Waals surface area (Å²) in [6.07, 6.45) is 5.49. The molecule has 0 saturated carbocycles. The molecule has 25 heavy (non-hydrogen) atoms. The third kappa shape index (κ3) is 4.10. The highest BCUT2D eigenvalue weighted by Gasteiger charge is 2.22. The summed E-state index contributed by atoms with van der Waals surface area (Å²) in [5, 5.41) is 0. The van der Waals surface area contributed by atoms with Crippen LogP contribution in [0.4, 0.5) is 11.8 Å². The summed E-state index contributed by atoms with van der Waals surface area (Å²) in [7, 11) is 0. The van der Waals surface area contributed by atoms with Crippen molar-refractivity contribution in [3.05, 3.63) is 48.2 Å². The van der Waals surface area contributed by atoms with Gasteiger partial charge in [0.25, 0.3) is 0 Å². The van der Waals surface area contributed by atoms with Gasteiger partial charge in [0.15, 0.2) is 0 Å². The van der Waals surface area contributed by atoms with Gasteiger partial charge in [-0.05, 0) is 36.8 Å². The minimum Gasteiger partial charge on any atom is -0.378 e. The van der Waals surface area contributed by atoms with E-state index in [-0.39, 0.29) is 0 Å². The van der Waals surface area contributed by atoms with Crippen LogP contribution in [-0.4, -0.2) is 49.4 Å². The Bertz CT molecular complexity index is 664. The summed E-state index contributed by atoms with van der Waals surface area (Å²) in [6.45, 7) is 5.48. The first-order valence-corrected chi connectivity index (χ1v) is 9.33. The van der Waals surface area contributed by atoms with Crippen molar-refractivity contribution in [2.24, 2.45) is 5.92 Å². The van der Waals surface area contributed by atoms with Crippen LogP contribution in [0.15, 0.2) is 42.6 Å². The molecule has 0 N–H and O–H groups in total. The SMILES string of the molecule is c1ccc(CC2CCN(c3nccc(N4CCOCC4)n3)CC2)cc1. The minimum absolute atomic E-state index is 0.765. The van der Waals surface area contributed by atoms with Crippen molar-refractivity contribution in [1.29, 1.82) is 0 Å². The average molecular weight is 338 g/mol. The maximum absolute atomic E-state index is 5.43. The maximum atomic E-state index is 5.43. The molecule has 4 rings (SSSR count). The molecule has 2 aliphatic heterocycles. The highest BCUT2D eigenvalue weighted by Crippen LogP contribution is 2.25. The average Bonchev–Trinajstić information content (AvgIpc) is 2.70. The number of aromatic nitrogens is 2. The molecule has 1 aromatic carbocycles. The standard InChI is InChI=1S/C20H26N4O/c1-2-4-17(5-3-1)16-18-7-10-24(11-8-18)20-21-9-6-19(22-20)23-12-14-25-15-13-23/h1-6,9,18H,7-8,10-16H2. The molecule has 132 valence electrons. The number of benzene rings is 1. The van der Waals surface area contributed by atoms with E-state index in [1.165, 1.54) is 24.8 Å². The zero-order valence-electron chi connectivity index (χ0n) is 14.7. The molecule has 0 atom stereocenters. The molecule has 3 heterocycles. The lowest BCUT2D eigenvalue weighted by atomic mass is 9.90. The highest BCUT2D eigenvalue weighted by molar-refractivity contribution is 5.44. The zero-order chi connectivity index (χ0) is 16.9. The summed E-state index contributed by atoms with van der Waals surface area (Å²) in [6, 6.07) is 12.8. The second kappa shape index (κ2) is 7.83.